The minimum absolute atomic E-state index is 0. The van der Waals surface area contributed by atoms with Crippen molar-refractivity contribution in [3.05, 3.63) is 35.5 Å². The van der Waals surface area contributed by atoms with E-state index in [0.717, 1.165) is 17.7 Å². The number of ether oxygens (including phenoxy) is 2. The number of rotatable bonds is 8. The molecule has 0 saturated heterocycles. The fraction of sp³-hybridized carbons (Fsp3) is 0.412. The highest BCUT2D eigenvalue weighted by molar-refractivity contribution is 5.85. The van der Waals surface area contributed by atoms with Crippen molar-refractivity contribution < 1.29 is 14.0 Å². The largest absolute Gasteiger partial charge is 0.493 e. The highest BCUT2D eigenvalue weighted by Gasteiger charge is 2.08. The zero-order chi connectivity index (χ0) is 16.7. The van der Waals surface area contributed by atoms with Gasteiger partial charge in [-0.05, 0) is 44.7 Å². The lowest BCUT2D eigenvalue weighted by Gasteiger charge is -2.09. The molecule has 0 spiro atoms. The van der Waals surface area contributed by atoms with Crippen LogP contribution in [0.25, 0.3) is 12.2 Å². The Morgan fingerprint density at radius 2 is 2.08 bits per heavy atom. The van der Waals surface area contributed by atoms with Crippen LogP contribution < -0.4 is 14.8 Å². The SMILES string of the molecule is CCOc1ccc(/C=C/c2nc(CC(C)NC)no2)cc1OC.Cl. The number of nitrogens with one attached hydrogen (secondary N) is 1. The van der Waals surface area contributed by atoms with Gasteiger partial charge in [0.2, 0.25) is 0 Å². The molecule has 0 radical (unpaired) electrons. The number of benzene rings is 1. The van der Waals surface area contributed by atoms with Crippen LogP contribution in [0.1, 0.15) is 31.1 Å². The van der Waals surface area contributed by atoms with Crippen molar-refractivity contribution in [2.45, 2.75) is 26.3 Å². The molecule has 0 saturated carbocycles. The number of likely N-dealkylation sites (N-methyl/N-ethyl adjacent to an activating group) is 1. The molecule has 1 aromatic carbocycles. The van der Waals surface area contributed by atoms with E-state index in [4.69, 9.17) is 14.0 Å². The second-order valence-electron chi connectivity index (χ2n) is 5.12. The van der Waals surface area contributed by atoms with Crippen LogP contribution in [0, 0.1) is 0 Å². The summed E-state index contributed by atoms with van der Waals surface area (Å²) in [6, 6.07) is 6.04. The van der Waals surface area contributed by atoms with Gasteiger partial charge in [0.15, 0.2) is 17.3 Å². The van der Waals surface area contributed by atoms with Crippen LogP contribution in [0.15, 0.2) is 22.7 Å². The summed E-state index contributed by atoms with van der Waals surface area (Å²) in [7, 11) is 3.53. The third-order valence-corrected chi connectivity index (χ3v) is 3.37. The smallest absolute Gasteiger partial charge is 0.250 e. The zero-order valence-corrected chi connectivity index (χ0v) is 15.2. The lowest BCUT2D eigenvalue weighted by atomic mass is 10.2. The van der Waals surface area contributed by atoms with Gasteiger partial charge in [0.05, 0.1) is 13.7 Å². The Kier molecular flexibility index (Phi) is 8.29. The fourth-order valence-electron chi connectivity index (χ4n) is 2.02. The Morgan fingerprint density at radius 3 is 2.75 bits per heavy atom. The van der Waals surface area contributed by atoms with Gasteiger partial charge in [0, 0.05) is 18.5 Å². The predicted molar refractivity (Wildman–Crippen MR) is 96.9 cm³/mol. The van der Waals surface area contributed by atoms with Gasteiger partial charge in [-0.2, -0.15) is 4.98 Å². The Balaban J connectivity index is 0.00000288. The lowest BCUT2D eigenvalue weighted by molar-refractivity contribution is 0.311. The van der Waals surface area contributed by atoms with Gasteiger partial charge in [-0.25, -0.2) is 0 Å². The summed E-state index contributed by atoms with van der Waals surface area (Å²) in [5.74, 6) is 2.60. The molecule has 1 atom stereocenters. The monoisotopic (exact) mass is 353 g/mol. The highest BCUT2D eigenvalue weighted by Crippen LogP contribution is 2.28. The maximum absolute atomic E-state index is 5.50. The number of halogens is 1. The van der Waals surface area contributed by atoms with E-state index >= 15 is 0 Å². The molecular formula is C17H24ClN3O3. The molecule has 2 aromatic rings. The van der Waals surface area contributed by atoms with E-state index in [1.807, 2.05) is 38.2 Å². The molecule has 1 N–H and O–H groups in total. The molecule has 24 heavy (non-hydrogen) atoms. The van der Waals surface area contributed by atoms with Gasteiger partial charge in [-0.3, -0.25) is 0 Å². The van der Waals surface area contributed by atoms with Crippen LogP contribution >= 0.6 is 12.4 Å². The van der Waals surface area contributed by atoms with Crippen molar-refractivity contribution in [3.63, 3.8) is 0 Å². The summed E-state index contributed by atoms with van der Waals surface area (Å²) >= 11 is 0. The maximum Gasteiger partial charge on any atom is 0.250 e. The van der Waals surface area contributed by atoms with Crippen LogP contribution in [-0.4, -0.2) is 36.9 Å². The van der Waals surface area contributed by atoms with Crippen LogP contribution in [0.3, 0.4) is 0 Å². The first-order chi connectivity index (χ1) is 11.2. The number of methoxy groups -OCH3 is 1. The predicted octanol–water partition coefficient (Wildman–Crippen LogP) is 3.22. The lowest BCUT2D eigenvalue weighted by Crippen LogP contribution is -2.24. The number of hydrogen-bond donors (Lipinski definition) is 1. The van der Waals surface area contributed by atoms with Gasteiger partial charge in [0.25, 0.3) is 5.89 Å². The van der Waals surface area contributed by atoms with Crippen LogP contribution in [0.5, 0.6) is 11.5 Å². The summed E-state index contributed by atoms with van der Waals surface area (Å²) in [5, 5.41) is 7.11. The van der Waals surface area contributed by atoms with Gasteiger partial charge >= 0.3 is 0 Å². The van der Waals surface area contributed by atoms with E-state index in [1.165, 1.54) is 0 Å². The van der Waals surface area contributed by atoms with E-state index in [2.05, 4.69) is 22.4 Å². The van der Waals surface area contributed by atoms with Crippen molar-refractivity contribution in [2.24, 2.45) is 0 Å². The van der Waals surface area contributed by atoms with Crippen molar-refractivity contribution >= 4 is 24.6 Å². The molecule has 0 amide bonds. The van der Waals surface area contributed by atoms with Gasteiger partial charge < -0.3 is 19.3 Å². The normalized spacial score (nSPS) is 12.0. The van der Waals surface area contributed by atoms with E-state index in [0.29, 0.717) is 30.1 Å². The summed E-state index contributed by atoms with van der Waals surface area (Å²) < 4.78 is 16.1. The summed E-state index contributed by atoms with van der Waals surface area (Å²) in [6.07, 6.45) is 4.41. The second kappa shape index (κ2) is 9.95. The molecule has 0 aliphatic heterocycles. The molecule has 1 unspecified atom stereocenters. The molecule has 6 nitrogen and oxygen atoms in total. The van der Waals surface area contributed by atoms with E-state index in [9.17, 15) is 0 Å². The average molecular weight is 354 g/mol. The van der Waals surface area contributed by atoms with Crippen molar-refractivity contribution in [3.8, 4) is 11.5 Å². The zero-order valence-electron chi connectivity index (χ0n) is 14.4. The van der Waals surface area contributed by atoms with Crippen LogP contribution in [0.2, 0.25) is 0 Å². The molecule has 132 valence electrons. The van der Waals surface area contributed by atoms with Gasteiger partial charge in [0.1, 0.15) is 0 Å². The van der Waals surface area contributed by atoms with Crippen molar-refractivity contribution in [1.29, 1.82) is 0 Å². The first-order valence-corrected chi connectivity index (χ1v) is 7.65. The third kappa shape index (κ3) is 5.54. The standard InChI is InChI=1S/C17H23N3O3.ClH/c1-5-22-14-8-6-13(11-15(14)21-4)7-9-17-19-16(20-23-17)10-12(2)18-3;/h6-9,11-12,18H,5,10H2,1-4H3;1H/b9-7+;. The average Bonchev–Trinajstić information content (AvgIpc) is 3.01. The maximum atomic E-state index is 5.50. The first-order valence-electron chi connectivity index (χ1n) is 7.65. The topological polar surface area (TPSA) is 69.4 Å². The molecule has 0 aliphatic carbocycles. The quantitative estimate of drug-likeness (QED) is 0.785. The minimum Gasteiger partial charge on any atom is -0.493 e. The molecule has 0 fully saturated rings. The molecular weight excluding hydrogens is 330 g/mol. The molecule has 1 heterocycles. The summed E-state index contributed by atoms with van der Waals surface area (Å²) in [6.45, 7) is 4.61. The molecule has 0 bridgehead atoms. The molecule has 2 rings (SSSR count). The number of hydrogen-bond acceptors (Lipinski definition) is 6. The van der Waals surface area contributed by atoms with Gasteiger partial charge in [-0.1, -0.05) is 11.2 Å². The summed E-state index contributed by atoms with van der Waals surface area (Å²) in [5.41, 5.74) is 0.966. The Hall–Kier alpha value is -2.05. The van der Waals surface area contributed by atoms with E-state index < -0.39 is 0 Å². The Labute approximate surface area is 148 Å². The fourth-order valence-corrected chi connectivity index (χ4v) is 2.02. The highest BCUT2D eigenvalue weighted by atomic mass is 35.5. The molecule has 7 heteroatoms. The minimum atomic E-state index is 0. The van der Waals surface area contributed by atoms with E-state index in [1.54, 1.807) is 13.2 Å². The molecule has 0 aliphatic rings. The van der Waals surface area contributed by atoms with Crippen molar-refractivity contribution in [1.82, 2.24) is 15.5 Å². The van der Waals surface area contributed by atoms with Crippen LogP contribution in [-0.2, 0) is 6.42 Å². The Morgan fingerprint density at radius 1 is 1.29 bits per heavy atom. The molecule has 1 aromatic heterocycles. The summed E-state index contributed by atoms with van der Waals surface area (Å²) in [4.78, 5) is 4.34. The van der Waals surface area contributed by atoms with Gasteiger partial charge in [-0.15, -0.1) is 12.4 Å². The third-order valence-electron chi connectivity index (χ3n) is 3.37. The number of nitrogens with zero attached hydrogens (tertiary/aromatic N) is 2. The van der Waals surface area contributed by atoms with Crippen LogP contribution in [0.4, 0.5) is 0 Å². The van der Waals surface area contributed by atoms with Crippen molar-refractivity contribution in [2.75, 3.05) is 20.8 Å². The first kappa shape index (κ1) is 20.0. The van der Waals surface area contributed by atoms with E-state index in [-0.39, 0.29) is 12.4 Å². The number of aromatic nitrogens is 2. The second-order valence-corrected chi connectivity index (χ2v) is 5.12. The Bertz CT molecular complexity index is 658.